The molecule has 0 aliphatic carbocycles. The highest BCUT2D eigenvalue weighted by molar-refractivity contribution is 7.99. The number of nitrogens with two attached hydrogens (primary N) is 1. The molecule has 1 aliphatic heterocycles. The topological polar surface area (TPSA) is 29.3 Å². The first kappa shape index (κ1) is 10.6. The van der Waals surface area contributed by atoms with Crippen LogP contribution in [0.1, 0.15) is 6.92 Å². The monoisotopic (exact) mass is 226 g/mol. The largest absolute Gasteiger partial charge is 0.397 e. The summed E-state index contributed by atoms with van der Waals surface area (Å²) in [6.45, 7) is 3.16. The van der Waals surface area contributed by atoms with Crippen molar-refractivity contribution in [2.75, 3.05) is 28.7 Å². The molecular formula is C11H15FN2S. The SMILES string of the molecule is CC1CSCCN1c1ccc(F)cc1N. The number of halogens is 1. The number of nitrogens with zero attached hydrogens (tertiary/aromatic N) is 1. The molecule has 15 heavy (non-hydrogen) atoms. The lowest BCUT2D eigenvalue weighted by molar-refractivity contribution is 0.627. The first-order valence-corrected chi connectivity index (χ1v) is 6.23. The van der Waals surface area contributed by atoms with Crippen molar-refractivity contribution in [1.82, 2.24) is 0 Å². The number of benzene rings is 1. The highest BCUT2D eigenvalue weighted by Gasteiger charge is 2.20. The maximum Gasteiger partial charge on any atom is 0.125 e. The summed E-state index contributed by atoms with van der Waals surface area (Å²) in [6, 6.07) is 5.11. The number of nitrogen functional groups attached to an aromatic ring is 1. The number of anilines is 2. The summed E-state index contributed by atoms with van der Waals surface area (Å²) in [5.74, 6) is 1.95. The van der Waals surface area contributed by atoms with Crippen molar-refractivity contribution in [1.29, 1.82) is 0 Å². The highest BCUT2D eigenvalue weighted by Crippen LogP contribution is 2.29. The van der Waals surface area contributed by atoms with Crippen molar-refractivity contribution >= 4 is 23.1 Å². The van der Waals surface area contributed by atoms with Crippen molar-refractivity contribution in [3.63, 3.8) is 0 Å². The van der Waals surface area contributed by atoms with E-state index in [1.807, 2.05) is 11.8 Å². The van der Waals surface area contributed by atoms with Gasteiger partial charge in [-0.05, 0) is 25.1 Å². The van der Waals surface area contributed by atoms with Crippen LogP contribution in [0.3, 0.4) is 0 Å². The molecule has 0 saturated carbocycles. The molecule has 1 aliphatic rings. The molecule has 2 N–H and O–H groups in total. The summed E-state index contributed by atoms with van der Waals surface area (Å²) in [4.78, 5) is 2.26. The predicted molar refractivity (Wildman–Crippen MR) is 64.9 cm³/mol. The fraction of sp³-hybridized carbons (Fsp3) is 0.455. The zero-order valence-electron chi connectivity index (χ0n) is 8.74. The van der Waals surface area contributed by atoms with Gasteiger partial charge in [0.15, 0.2) is 0 Å². The standard InChI is InChI=1S/C11H15FN2S/c1-8-7-15-5-4-14(8)11-3-2-9(12)6-10(11)13/h2-3,6,8H,4-5,7,13H2,1H3. The van der Waals surface area contributed by atoms with Crippen LogP contribution in [-0.4, -0.2) is 24.1 Å². The fourth-order valence-corrected chi connectivity index (χ4v) is 2.89. The highest BCUT2D eigenvalue weighted by atomic mass is 32.2. The molecule has 1 fully saturated rings. The Labute approximate surface area is 93.6 Å². The van der Waals surface area contributed by atoms with Gasteiger partial charge in [0.05, 0.1) is 11.4 Å². The zero-order valence-corrected chi connectivity index (χ0v) is 9.56. The van der Waals surface area contributed by atoms with Gasteiger partial charge in [-0.2, -0.15) is 11.8 Å². The third-order valence-electron chi connectivity index (χ3n) is 2.67. The third kappa shape index (κ3) is 2.20. The molecule has 2 rings (SSSR count). The average molecular weight is 226 g/mol. The van der Waals surface area contributed by atoms with E-state index in [-0.39, 0.29) is 5.82 Å². The van der Waals surface area contributed by atoms with Gasteiger partial charge in [-0.3, -0.25) is 0 Å². The normalized spacial score (nSPS) is 21.7. The van der Waals surface area contributed by atoms with Crippen LogP contribution in [0.4, 0.5) is 15.8 Å². The number of thioether (sulfide) groups is 1. The summed E-state index contributed by atoms with van der Waals surface area (Å²) >= 11 is 1.95. The molecule has 1 aromatic carbocycles. The van der Waals surface area contributed by atoms with E-state index in [1.165, 1.54) is 12.1 Å². The van der Waals surface area contributed by atoms with E-state index < -0.39 is 0 Å². The molecule has 4 heteroatoms. The maximum absolute atomic E-state index is 12.9. The van der Waals surface area contributed by atoms with Crippen LogP contribution in [0, 0.1) is 5.82 Å². The maximum atomic E-state index is 12.9. The van der Waals surface area contributed by atoms with Crippen LogP contribution in [-0.2, 0) is 0 Å². The molecule has 0 spiro atoms. The molecular weight excluding hydrogens is 211 g/mol. The lowest BCUT2D eigenvalue weighted by Crippen LogP contribution is -2.40. The lowest BCUT2D eigenvalue weighted by atomic mass is 10.2. The second-order valence-electron chi connectivity index (χ2n) is 3.82. The van der Waals surface area contributed by atoms with Crippen LogP contribution in [0.15, 0.2) is 18.2 Å². The average Bonchev–Trinajstić information content (AvgIpc) is 2.20. The summed E-state index contributed by atoms with van der Waals surface area (Å²) in [6.07, 6.45) is 0. The summed E-state index contributed by atoms with van der Waals surface area (Å²) in [7, 11) is 0. The van der Waals surface area contributed by atoms with Crippen molar-refractivity contribution in [2.45, 2.75) is 13.0 Å². The second kappa shape index (κ2) is 4.31. The van der Waals surface area contributed by atoms with Crippen molar-refractivity contribution in [2.24, 2.45) is 0 Å². The van der Waals surface area contributed by atoms with E-state index in [2.05, 4.69) is 11.8 Å². The Morgan fingerprint density at radius 1 is 1.53 bits per heavy atom. The summed E-state index contributed by atoms with van der Waals surface area (Å²) < 4.78 is 12.9. The van der Waals surface area contributed by atoms with Gasteiger partial charge in [-0.15, -0.1) is 0 Å². The molecule has 0 aromatic heterocycles. The van der Waals surface area contributed by atoms with Gasteiger partial charge in [-0.25, -0.2) is 4.39 Å². The smallest absolute Gasteiger partial charge is 0.125 e. The van der Waals surface area contributed by atoms with Gasteiger partial charge in [0.25, 0.3) is 0 Å². The Morgan fingerprint density at radius 2 is 2.33 bits per heavy atom. The molecule has 0 amide bonds. The third-order valence-corrected chi connectivity index (χ3v) is 3.86. The van der Waals surface area contributed by atoms with E-state index in [4.69, 9.17) is 5.73 Å². The van der Waals surface area contributed by atoms with Gasteiger partial charge in [0.2, 0.25) is 0 Å². The van der Waals surface area contributed by atoms with E-state index >= 15 is 0 Å². The quantitative estimate of drug-likeness (QED) is 0.745. The van der Waals surface area contributed by atoms with Gasteiger partial charge in [0, 0.05) is 24.1 Å². The molecule has 1 aromatic rings. The molecule has 1 atom stereocenters. The van der Waals surface area contributed by atoms with Crippen molar-refractivity contribution in [3.8, 4) is 0 Å². The second-order valence-corrected chi connectivity index (χ2v) is 4.97. The van der Waals surface area contributed by atoms with Gasteiger partial charge >= 0.3 is 0 Å². The van der Waals surface area contributed by atoms with Gasteiger partial charge < -0.3 is 10.6 Å². The molecule has 0 bridgehead atoms. The van der Waals surface area contributed by atoms with Crippen molar-refractivity contribution in [3.05, 3.63) is 24.0 Å². The molecule has 1 unspecified atom stereocenters. The Bertz CT molecular complexity index is 356. The van der Waals surface area contributed by atoms with Crippen molar-refractivity contribution < 1.29 is 4.39 Å². The summed E-state index contributed by atoms with van der Waals surface area (Å²) in [5, 5.41) is 0. The molecule has 1 saturated heterocycles. The first-order chi connectivity index (χ1) is 7.18. The zero-order chi connectivity index (χ0) is 10.8. The predicted octanol–water partition coefficient (Wildman–Crippen LogP) is 2.35. The van der Waals surface area contributed by atoms with E-state index in [9.17, 15) is 4.39 Å². The molecule has 82 valence electrons. The summed E-state index contributed by atoms with van der Waals surface area (Å²) in [5.41, 5.74) is 7.32. The fourth-order valence-electron chi connectivity index (χ4n) is 1.87. The lowest BCUT2D eigenvalue weighted by Gasteiger charge is -2.35. The van der Waals surface area contributed by atoms with Crippen LogP contribution in [0.5, 0.6) is 0 Å². The van der Waals surface area contributed by atoms with Crippen LogP contribution < -0.4 is 10.6 Å². The van der Waals surface area contributed by atoms with Crippen LogP contribution >= 0.6 is 11.8 Å². The molecule has 1 heterocycles. The number of rotatable bonds is 1. The minimum absolute atomic E-state index is 0.268. The Morgan fingerprint density at radius 3 is 3.00 bits per heavy atom. The number of hydrogen-bond donors (Lipinski definition) is 1. The molecule has 0 radical (unpaired) electrons. The van der Waals surface area contributed by atoms with Gasteiger partial charge in [-0.1, -0.05) is 0 Å². The first-order valence-electron chi connectivity index (χ1n) is 5.08. The van der Waals surface area contributed by atoms with E-state index in [0.29, 0.717) is 11.7 Å². The Balaban J connectivity index is 2.27. The van der Waals surface area contributed by atoms with Crippen LogP contribution in [0.2, 0.25) is 0 Å². The minimum Gasteiger partial charge on any atom is -0.397 e. The van der Waals surface area contributed by atoms with E-state index in [1.54, 1.807) is 6.07 Å². The Hall–Kier alpha value is -0.900. The van der Waals surface area contributed by atoms with Crippen LogP contribution in [0.25, 0.3) is 0 Å². The van der Waals surface area contributed by atoms with E-state index in [0.717, 1.165) is 23.7 Å². The minimum atomic E-state index is -0.268. The van der Waals surface area contributed by atoms with Gasteiger partial charge in [0.1, 0.15) is 5.82 Å². The molecule has 2 nitrogen and oxygen atoms in total. The number of hydrogen-bond acceptors (Lipinski definition) is 3. The Kier molecular flexibility index (Phi) is 3.05.